The predicted molar refractivity (Wildman–Crippen MR) is 75.3 cm³/mol. The Morgan fingerprint density at radius 1 is 1.30 bits per heavy atom. The van der Waals surface area contributed by atoms with E-state index in [0.29, 0.717) is 11.8 Å². The van der Waals surface area contributed by atoms with Gasteiger partial charge in [0, 0.05) is 13.0 Å². The molecular weight excluding hydrogens is 258 g/mol. The van der Waals surface area contributed by atoms with Gasteiger partial charge in [-0.3, -0.25) is 0 Å². The molecule has 1 N–H and O–H groups in total. The predicted octanol–water partition coefficient (Wildman–Crippen LogP) is 2.54. The first kappa shape index (κ1) is 15.6. The topological polar surface area (TPSA) is 56.8 Å². The number of fused-ring (bicyclic) bond motifs is 1. The molecule has 0 radical (unpaired) electrons. The van der Waals surface area contributed by atoms with Gasteiger partial charge in [0.05, 0.1) is 12.1 Å². The molecule has 0 aromatic rings. The molecule has 5 atom stereocenters. The first-order chi connectivity index (χ1) is 9.23. The molecule has 0 bridgehead atoms. The van der Waals surface area contributed by atoms with Crippen molar-refractivity contribution in [2.75, 3.05) is 7.11 Å². The van der Waals surface area contributed by atoms with Crippen molar-refractivity contribution in [1.82, 2.24) is 5.32 Å². The summed E-state index contributed by atoms with van der Waals surface area (Å²) in [6.45, 7) is 9.76. The highest BCUT2D eigenvalue weighted by molar-refractivity contribution is 5.68. The van der Waals surface area contributed by atoms with Crippen LogP contribution in [-0.4, -0.2) is 37.2 Å². The summed E-state index contributed by atoms with van der Waals surface area (Å²) in [4.78, 5) is 12.0. The van der Waals surface area contributed by atoms with Gasteiger partial charge in [-0.15, -0.1) is 0 Å². The van der Waals surface area contributed by atoms with E-state index in [0.717, 1.165) is 6.42 Å². The van der Waals surface area contributed by atoms with Crippen LogP contribution in [0.1, 0.15) is 41.0 Å². The summed E-state index contributed by atoms with van der Waals surface area (Å²) >= 11 is 0. The molecule has 1 aliphatic carbocycles. The van der Waals surface area contributed by atoms with Crippen LogP contribution >= 0.6 is 0 Å². The van der Waals surface area contributed by atoms with Crippen LogP contribution in [0.25, 0.3) is 0 Å². The van der Waals surface area contributed by atoms with Gasteiger partial charge in [0.2, 0.25) is 0 Å². The number of carbonyl (C=O) groups is 1. The Morgan fingerprint density at radius 2 is 1.95 bits per heavy atom. The number of amides is 1. The van der Waals surface area contributed by atoms with E-state index in [1.54, 1.807) is 7.11 Å². The molecule has 116 valence electrons. The molecule has 0 spiro atoms. The van der Waals surface area contributed by atoms with Crippen LogP contribution in [-0.2, 0) is 14.2 Å². The fourth-order valence-electron chi connectivity index (χ4n) is 2.94. The number of methoxy groups -OCH3 is 1. The van der Waals surface area contributed by atoms with Crippen molar-refractivity contribution in [3.05, 3.63) is 0 Å². The zero-order chi connectivity index (χ0) is 15.1. The van der Waals surface area contributed by atoms with Crippen molar-refractivity contribution in [2.45, 2.75) is 65.1 Å². The lowest BCUT2D eigenvalue weighted by Crippen LogP contribution is -2.49. The molecule has 1 saturated heterocycles. The Balaban J connectivity index is 1.97. The highest BCUT2D eigenvalue weighted by Crippen LogP contribution is 2.53. The monoisotopic (exact) mass is 285 g/mol. The SMILES string of the molecule is CO[C@H]1O[C@H]([C@@H](NC(=O)OC(C)(C)C)C(C)C)[C@@H]2C[C@H]12. The van der Waals surface area contributed by atoms with Gasteiger partial charge in [0.25, 0.3) is 0 Å². The molecule has 0 aromatic carbocycles. The van der Waals surface area contributed by atoms with E-state index >= 15 is 0 Å². The van der Waals surface area contributed by atoms with Crippen LogP contribution in [0, 0.1) is 17.8 Å². The molecule has 1 aliphatic heterocycles. The van der Waals surface area contributed by atoms with Crippen molar-refractivity contribution >= 4 is 6.09 Å². The van der Waals surface area contributed by atoms with E-state index in [4.69, 9.17) is 14.2 Å². The number of nitrogens with one attached hydrogen (secondary N) is 1. The largest absolute Gasteiger partial charge is 0.444 e. The fourth-order valence-corrected chi connectivity index (χ4v) is 2.94. The number of rotatable bonds is 4. The van der Waals surface area contributed by atoms with Gasteiger partial charge in [-0.2, -0.15) is 0 Å². The third kappa shape index (κ3) is 3.44. The maximum absolute atomic E-state index is 12.0. The minimum absolute atomic E-state index is 0.0254. The minimum atomic E-state index is -0.487. The maximum atomic E-state index is 12.0. The van der Waals surface area contributed by atoms with Crippen molar-refractivity contribution < 1.29 is 19.0 Å². The zero-order valence-corrected chi connectivity index (χ0v) is 13.3. The van der Waals surface area contributed by atoms with E-state index < -0.39 is 5.60 Å². The first-order valence-corrected chi connectivity index (χ1v) is 7.40. The normalized spacial score (nSPS) is 33.8. The van der Waals surface area contributed by atoms with Crippen molar-refractivity contribution in [2.24, 2.45) is 17.8 Å². The summed E-state index contributed by atoms with van der Waals surface area (Å²) in [6, 6.07) is -0.0417. The molecule has 0 aromatic heterocycles. The summed E-state index contributed by atoms with van der Waals surface area (Å²) in [5, 5.41) is 2.97. The standard InChI is InChI=1S/C15H27NO4/c1-8(2)11(16-14(17)20-15(3,4)5)12-9-7-10(9)13(18-6)19-12/h8-13H,7H2,1-6H3,(H,16,17)/t9-,10+,11+,12+,13+/m1/s1. The lowest BCUT2D eigenvalue weighted by Gasteiger charge is -2.31. The van der Waals surface area contributed by atoms with E-state index in [1.165, 1.54) is 0 Å². The van der Waals surface area contributed by atoms with E-state index in [9.17, 15) is 4.79 Å². The second-order valence-corrected chi connectivity index (χ2v) is 7.18. The van der Waals surface area contributed by atoms with Gasteiger partial charge < -0.3 is 19.5 Å². The lowest BCUT2D eigenvalue weighted by molar-refractivity contribution is -0.145. The third-order valence-electron chi connectivity index (χ3n) is 3.94. The van der Waals surface area contributed by atoms with Gasteiger partial charge in [0.1, 0.15) is 5.60 Å². The Kier molecular flexibility index (Phi) is 4.30. The first-order valence-electron chi connectivity index (χ1n) is 7.40. The molecule has 1 saturated carbocycles. The van der Waals surface area contributed by atoms with Crippen LogP contribution in [0.5, 0.6) is 0 Å². The highest BCUT2D eigenvalue weighted by Gasteiger charge is 2.58. The van der Waals surface area contributed by atoms with Crippen LogP contribution in [0.3, 0.4) is 0 Å². The lowest BCUT2D eigenvalue weighted by atomic mass is 9.95. The van der Waals surface area contributed by atoms with Crippen LogP contribution in [0.2, 0.25) is 0 Å². The quantitative estimate of drug-likeness (QED) is 0.862. The summed E-state index contributed by atoms with van der Waals surface area (Å²) in [5.41, 5.74) is -0.487. The van der Waals surface area contributed by atoms with E-state index in [-0.39, 0.29) is 30.4 Å². The second kappa shape index (κ2) is 5.53. The van der Waals surface area contributed by atoms with Crippen LogP contribution < -0.4 is 5.32 Å². The Bertz CT molecular complexity index is 363. The molecule has 20 heavy (non-hydrogen) atoms. The summed E-state index contributed by atoms with van der Waals surface area (Å²) in [7, 11) is 1.67. The van der Waals surface area contributed by atoms with Crippen molar-refractivity contribution in [3.63, 3.8) is 0 Å². The average molecular weight is 285 g/mol. The minimum Gasteiger partial charge on any atom is -0.444 e. The average Bonchev–Trinajstić information content (AvgIpc) is 3.00. The van der Waals surface area contributed by atoms with Gasteiger partial charge in [-0.1, -0.05) is 13.8 Å². The highest BCUT2D eigenvalue weighted by atomic mass is 16.7. The molecule has 2 aliphatic rings. The summed E-state index contributed by atoms with van der Waals surface area (Å²) < 4.78 is 16.6. The summed E-state index contributed by atoms with van der Waals surface area (Å²) in [6.07, 6.45) is 0.657. The molecular formula is C15H27NO4. The Morgan fingerprint density at radius 3 is 2.40 bits per heavy atom. The van der Waals surface area contributed by atoms with Gasteiger partial charge in [-0.25, -0.2) is 4.79 Å². The number of hydrogen-bond acceptors (Lipinski definition) is 4. The molecule has 2 fully saturated rings. The van der Waals surface area contributed by atoms with Crippen LogP contribution in [0.15, 0.2) is 0 Å². The van der Waals surface area contributed by atoms with Gasteiger partial charge in [0.15, 0.2) is 6.29 Å². The maximum Gasteiger partial charge on any atom is 0.407 e. The molecule has 5 heteroatoms. The zero-order valence-electron chi connectivity index (χ0n) is 13.3. The van der Waals surface area contributed by atoms with E-state index in [2.05, 4.69) is 19.2 Å². The van der Waals surface area contributed by atoms with Crippen molar-refractivity contribution in [3.8, 4) is 0 Å². The Hall–Kier alpha value is -0.810. The fraction of sp³-hybridized carbons (Fsp3) is 0.933. The third-order valence-corrected chi connectivity index (χ3v) is 3.94. The second-order valence-electron chi connectivity index (χ2n) is 7.18. The molecule has 2 rings (SSSR count). The molecule has 5 nitrogen and oxygen atoms in total. The number of alkyl carbamates (subject to hydrolysis) is 1. The van der Waals surface area contributed by atoms with Gasteiger partial charge in [-0.05, 0) is 39.0 Å². The molecule has 0 unspecified atom stereocenters. The number of carbonyl (C=O) groups excluding carboxylic acids is 1. The summed E-state index contributed by atoms with van der Waals surface area (Å²) in [5.74, 6) is 1.28. The smallest absolute Gasteiger partial charge is 0.407 e. The Labute approximate surface area is 121 Å². The molecule has 1 amide bonds. The van der Waals surface area contributed by atoms with Gasteiger partial charge >= 0.3 is 6.09 Å². The number of ether oxygens (including phenoxy) is 3. The number of hydrogen-bond donors (Lipinski definition) is 1. The molecule has 1 heterocycles. The van der Waals surface area contributed by atoms with Crippen LogP contribution in [0.4, 0.5) is 4.79 Å². The van der Waals surface area contributed by atoms with Crippen molar-refractivity contribution in [1.29, 1.82) is 0 Å². The van der Waals surface area contributed by atoms with E-state index in [1.807, 2.05) is 20.8 Å².